The molecular formula is C18H27N3. The lowest BCUT2D eigenvalue weighted by atomic mass is 10.1. The first-order valence-electron chi connectivity index (χ1n) is 8.38. The second-order valence-electron chi connectivity index (χ2n) is 6.09. The minimum absolute atomic E-state index is 0.971. The van der Waals surface area contributed by atoms with Crippen LogP contribution in [0.15, 0.2) is 30.5 Å². The Labute approximate surface area is 127 Å². The molecule has 0 spiro atoms. The molecule has 2 heterocycles. The van der Waals surface area contributed by atoms with Crippen molar-refractivity contribution >= 4 is 10.9 Å². The number of fused-ring (bicyclic) bond motifs is 1. The summed E-state index contributed by atoms with van der Waals surface area (Å²) in [6.45, 7) is 9.12. The molecule has 0 aliphatic carbocycles. The molecule has 0 unspecified atom stereocenters. The van der Waals surface area contributed by atoms with Gasteiger partial charge in [0.2, 0.25) is 0 Å². The second kappa shape index (κ2) is 7.10. The van der Waals surface area contributed by atoms with Gasteiger partial charge in [-0.15, -0.1) is 0 Å². The smallest absolute Gasteiger partial charge is 0.0526 e. The van der Waals surface area contributed by atoms with Gasteiger partial charge < -0.3 is 14.8 Å². The van der Waals surface area contributed by atoms with E-state index in [2.05, 4.69) is 52.2 Å². The van der Waals surface area contributed by atoms with Gasteiger partial charge in [0.05, 0.1) is 5.52 Å². The van der Waals surface area contributed by atoms with E-state index in [1.165, 1.54) is 55.4 Å². The van der Waals surface area contributed by atoms with E-state index in [0.29, 0.717) is 0 Å². The first-order valence-corrected chi connectivity index (χ1v) is 8.38. The summed E-state index contributed by atoms with van der Waals surface area (Å²) >= 11 is 0. The molecule has 1 aliphatic heterocycles. The first kappa shape index (κ1) is 14.6. The molecule has 1 fully saturated rings. The molecule has 3 nitrogen and oxygen atoms in total. The highest BCUT2D eigenvalue weighted by molar-refractivity contribution is 5.83. The zero-order valence-electron chi connectivity index (χ0n) is 13.1. The Kier molecular flexibility index (Phi) is 4.94. The molecule has 2 aromatic rings. The van der Waals surface area contributed by atoms with Crippen molar-refractivity contribution in [2.45, 2.75) is 39.3 Å². The van der Waals surface area contributed by atoms with Crippen molar-refractivity contribution in [2.75, 3.05) is 26.2 Å². The summed E-state index contributed by atoms with van der Waals surface area (Å²) in [5, 5.41) is 4.90. The lowest BCUT2D eigenvalue weighted by Gasteiger charge is -2.16. The van der Waals surface area contributed by atoms with Crippen molar-refractivity contribution in [1.82, 2.24) is 14.8 Å². The number of para-hydroxylation sites is 1. The van der Waals surface area contributed by atoms with Gasteiger partial charge >= 0.3 is 0 Å². The minimum atomic E-state index is 0.971. The fourth-order valence-corrected chi connectivity index (χ4v) is 3.32. The van der Waals surface area contributed by atoms with Gasteiger partial charge in [0, 0.05) is 25.8 Å². The van der Waals surface area contributed by atoms with Gasteiger partial charge in [-0.25, -0.2) is 0 Å². The number of hydrogen-bond acceptors (Lipinski definition) is 2. The Morgan fingerprint density at radius 3 is 2.76 bits per heavy atom. The van der Waals surface area contributed by atoms with E-state index in [1.54, 1.807) is 0 Å². The summed E-state index contributed by atoms with van der Waals surface area (Å²) in [5.41, 5.74) is 2.84. The zero-order chi connectivity index (χ0) is 14.5. The molecule has 114 valence electrons. The Balaban J connectivity index is 1.74. The molecule has 21 heavy (non-hydrogen) atoms. The van der Waals surface area contributed by atoms with Crippen LogP contribution in [0.2, 0.25) is 0 Å². The standard InChI is InChI=1S/C18H27N3/c1-2-9-19-15-17-7-5-6-16-8-12-21(18(16)17)14-13-20-10-3-4-11-20/h5-8,12,19H,2-4,9-11,13-15H2,1H3. The summed E-state index contributed by atoms with van der Waals surface area (Å²) in [6, 6.07) is 8.92. The topological polar surface area (TPSA) is 20.2 Å². The van der Waals surface area contributed by atoms with Crippen molar-refractivity contribution in [2.24, 2.45) is 0 Å². The SMILES string of the molecule is CCCNCc1cccc2ccn(CCN3CCCC3)c12. The van der Waals surface area contributed by atoms with Crippen molar-refractivity contribution in [1.29, 1.82) is 0 Å². The average molecular weight is 285 g/mol. The van der Waals surface area contributed by atoms with Crippen LogP contribution in [0.1, 0.15) is 31.7 Å². The van der Waals surface area contributed by atoms with Crippen LogP contribution >= 0.6 is 0 Å². The molecule has 1 N–H and O–H groups in total. The normalized spacial score (nSPS) is 16.0. The molecule has 1 aromatic carbocycles. The van der Waals surface area contributed by atoms with Gasteiger partial charge in [0.25, 0.3) is 0 Å². The number of benzene rings is 1. The van der Waals surface area contributed by atoms with Gasteiger partial charge in [0.15, 0.2) is 0 Å². The number of nitrogens with zero attached hydrogens (tertiary/aromatic N) is 2. The van der Waals surface area contributed by atoms with Crippen molar-refractivity contribution < 1.29 is 0 Å². The largest absolute Gasteiger partial charge is 0.346 e. The lowest BCUT2D eigenvalue weighted by molar-refractivity contribution is 0.324. The molecule has 1 saturated heterocycles. The van der Waals surface area contributed by atoms with Crippen LogP contribution < -0.4 is 5.32 Å². The van der Waals surface area contributed by atoms with Crippen LogP contribution in [0, 0.1) is 0 Å². The third kappa shape index (κ3) is 3.47. The Morgan fingerprint density at radius 1 is 1.10 bits per heavy atom. The number of rotatable bonds is 7. The fourth-order valence-electron chi connectivity index (χ4n) is 3.32. The van der Waals surface area contributed by atoms with E-state index in [0.717, 1.165) is 19.6 Å². The third-order valence-corrected chi connectivity index (χ3v) is 4.47. The molecule has 0 atom stereocenters. The molecule has 0 radical (unpaired) electrons. The highest BCUT2D eigenvalue weighted by Gasteiger charge is 2.12. The molecule has 1 aromatic heterocycles. The number of nitrogens with one attached hydrogen (secondary N) is 1. The molecule has 0 saturated carbocycles. The molecule has 0 bridgehead atoms. The second-order valence-corrected chi connectivity index (χ2v) is 6.09. The number of likely N-dealkylation sites (tertiary alicyclic amines) is 1. The molecule has 0 amide bonds. The molecular weight excluding hydrogens is 258 g/mol. The Morgan fingerprint density at radius 2 is 1.95 bits per heavy atom. The summed E-state index contributed by atoms with van der Waals surface area (Å²) in [5.74, 6) is 0. The fraction of sp³-hybridized carbons (Fsp3) is 0.556. The maximum Gasteiger partial charge on any atom is 0.0526 e. The predicted molar refractivity (Wildman–Crippen MR) is 89.6 cm³/mol. The summed E-state index contributed by atoms with van der Waals surface area (Å²) in [7, 11) is 0. The van der Waals surface area contributed by atoms with Crippen LogP contribution in [-0.2, 0) is 13.1 Å². The van der Waals surface area contributed by atoms with E-state index in [-0.39, 0.29) is 0 Å². The van der Waals surface area contributed by atoms with Crippen molar-refractivity contribution in [3.8, 4) is 0 Å². The first-order chi connectivity index (χ1) is 10.4. The van der Waals surface area contributed by atoms with Crippen molar-refractivity contribution in [3.63, 3.8) is 0 Å². The minimum Gasteiger partial charge on any atom is -0.346 e. The van der Waals surface area contributed by atoms with E-state index in [9.17, 15) is 0 Å². The van der Waals surface area contributed by atoms with Crippen LogP contribution in [0.5, 0.6) is 0 Å². The summed E-state index contributed by atoms with van der Waals surface area (Å²) < 4.78 is 2.44. The highest BCUT2D eigenvalue weighted by atomic mass is 15.2. The predicted octanol–water partition coefficient (Wildman–Crippen LogP) is 3.24. The summed E-state index contributed by atoms with van der Waals surface area (Å²) in [6.07, 6.45) is 6.19. The lowest BCUT2D eigenvalue weighted by Crippen LogP contribution is -2.24. The molecule has 3 heteroatoms. The zero-order valence-corrected chi connectivity index (χ0v) is 13.1. The van der Waals surface area contributed by atoms with E-state index in [4.69, 9.17) is 0 Å². The van der Waals surface area contributed by atoms with Crippen LogP contribution in [-0.4, -0.2) is 35.6 Å². The monoisotopic (exact) mass is 285 g/mol. The van der Waals surface area contributed by atoms with Gasteiger partial charge in [-0.05, 0) is 55.9 Å². The molecule has 3 rings (SSSR count). The van der Waals surface area contributed by atoms with Gasteiger partial charge in [-0.1, -0.05) is 25.1 Å². The van der Waals surface area contributed by atoms with Crippen LogP contribution in [0.3, 0.4) is 0 Å². The van der Waals surface area contributed by atoms with Gasteiger partial charge in [-0.3, -0.25) is 0 Å². The third-order valence-electron chi connectivity index (χ3n) is 4.47. The van der Waals surface area contributed by atoms with E-state index in [1.807, 2.05) is 0 Å². The van der Waals surface area contributed by atoms with Crippen LogP contribution in [0.25, 0.3) is 10.9 Å². The number of aromatic nitrogens is 1. The van der Waals surface area contributed by atoms with Gasteiger partial charge in [-0.2, -0.15) is 0 Å². The van der Waals surface area contributed by atoms with Crippen molar-refractivity contribution in [3.05, 3.63) is 36.0 Å². The maximum atomic E-state index is 3.53. The molecule has 1 aliphatic rings. The van der Waals surface area contributed by atoms with E-state index < -0.39 is 0 Å². The van der Waals surface area contributed by atoms with Gasteiger partial charge in [0.1, 0.15) is 0 Å². The number of hydrogen-bond donors (Lipinski definition) is 1. The maximum absolute atomic E-state index is 3.53. The van der Waals surface area contributed by atoms with E-state index >= 15 is 0 Å². The average Bonchev–Trinajstić information content (AvgIpc) is 3.15. The van der Waals surface area contributed by atoms with Crippen LogP contribution in [0.4, 0.5) is 0 Å². The quantitative estimate of drug-likeness (QED) is 0.788. The highest BCUT2D eigenvalue weighted by Crippen LogP contribution is 2.21. The summed E-state index contributed by atoms with van der Waals surface area (Å²) in [4.78, 5) is 2.59. The Hall–Kier alpha value is -1.32. The Bertz CT molecular complexity index is 567.